The second kappa shape index (κ2) is 10.0. The first-order valence-corrected chi connectivity index (χ1v) is 11.9. The minimum Gasteiger partial charge on any atom is -0.320 e. The van der Waals surface area contributed by atoms with Crippen molar-refractivity contribution in [3.63, 3.8) is 0 Å². The summed E-state index contributed by atoms with van der Waals surface area (Å²) in [6.45, 7) is 2.67. The minimum absolute atomic E-state index is 0.0526. The molecule has 0 unspecified atom stereocenters. The van der Waals surface area contributed by atoms with E-state index in [0.717, 1.165) is 12.8 Å². The Morgan fingerprint density at radius 1 is 1.16 bits per heavy atom. The summed E-state index contributed by atoms with van der Waals surface area (Å²) in [6, 6.07) is 12.8. The molecule has 2 aromatic heterocycles. The zero-order chi connectivity index (χ0) is 22.5. The Bertz CT molecular complexity index is 1300. The van der Waals surface area contributed by atoms with E-state index in [9.17, 15) is 14.0 Å². The number of hydrogen-bond acceptors (Lipinski definition) is 7. The first-order chi connectivity index (χ1) is 15.5. The van der Waals surface area contributed by atoms with Gasteiger partial charge in [-0.05, 0) is 42.8 Å². The standard InChI is InChI=1S/C22H20FN5O2S2/c1-2-3-12-28-21(30)16-6-4-5-7-17(16)25-22(28)31-13-18-26-27-20(32-18)19(29)24-15-10-8-14(23)9-11-15/h4-11H,2-3,12-13H2,1H3,(H,24,29). The van der Waals surface area contributed by atoms with Crippen molar-refractivity contribution in [2.45, 2.75) is 37.2 Å². The highest BCUT2D eigenvalue weighted by Crippen LogP contribution is 2.24. The molecule has 1 N–H and O–H groups in total. The Kier molecular flexibility index (Phi) is 6.91. The van der Waals surface area contributed by atoms with Crippen molar-refractivity contribution in [2.75, 3.05) is 5.32 Å². The number of carbonyl (C=O) groups is 1. The summed E-state index contributed by atoms with van der Waals surface area (Å²) >= 11 is 2.57. The molecule has 4 rings (SSSR count). The van der Waals surface area contributed by atoms with Gasteiger partial charge in [0.15, 0.2) is 5.16 Å². The Balaban J connectivity index is 1.50. The van der Waals surface area contributed by atoms with Crippen LogP contribution >= 0.6 is 23.1 Å². The molecule has 0 atom stereocenters. The van der Waals surface area contributed by atoms with Crippen LogP contribution < -0.4 is 10.9 Å². The van der Waals surface area contributed by atoms with Gasteiger partial charge in [-0.1, -0.05) is 48.6 Å². The van der Waals surface area contributed by atoms with Crippen molar-refractivity contribution in [3.8, 4) is 0 Å². The number of nitrogens with zero attached hydrogens (tertiary/aromatic N) is 4. The summed E-state index contributed by atoms with van der Waals surface area (Å²) in [5.41, 5.74) is 1.08. The number of thioether (sulfide) groups is 1. The van der Waals surface area contributed by atoms with Crippen LogP contribution in [0.1, 0.15) is 34.6 Å². The fourth-order valence-electron chi connectivity index (χ4n) is 3.02. The molecule has 1 amide bonds. The first-order valence-electron chi connectivity index (χ1n) is 10.1. The lowest BCUT2D eigenvalue weighted by Gasteiger charge is -2.12. The van der Waals surface area contributed by atoms with E-state index in [0.29, 0.717) is 39.1 Å². The molecule has 0 aliphatic heterocycles. The van der Waals surface area contributed by atoms with Crippen LogP contribution in [0.5, 0.6) is 0 Å². The van der Waals surface area contributed by atoms with E-state index >= 15 is 0 Å². The number of nitrogens with one attached hydrogen (secondary N) is 1. The van der Waals surface area contributed by atoms with Gasteiger partial charge < -0.3 is 5.32 Å². The Hall–Kier alpha value is -3.11. The predicted molar refractivity (Wildman–Crippen MR) is 125 cm³/mol. The van der Waals surface area contributed by atoms with Gasteiger partial charge in [0.1, 0.15) is 10.8 Å². The average molecular weight is 470 g/mol. The Labute approximate surface area is 191 Å². The van der Waals surface area contributed by atoms with Crippen LogP contribution in [0.4, 0.5) is 10.1 Å². The topological polar surface area (TPSA) is 89.8 Å². The van der Waals surface area contributed by atoms with Gasteiger partial charge in [0, 0.05) is 12.2 Å². The molecule has 2 aromatic carbocycles. The van der Waals surface area contributed by atoms with Crippen molar-refractivity contribution in [2.24, 2.45) is 0 Å². The molecule has 0 fully saturated rings. The number of carbonyl (C=O) groups excluding carboxylic acids is 1. The SMILES string of the molecule is CCCCn1c(SCc2nnc(C(=O)Nc3ccc(F)cc3)s2)nc2ccccc2c1=O. The molecule has 4 aromatic rings. The molecule has 164 valence electrons. The highest BCUT2D eigenvalue weighted by Gasteiger charge is 2.16. The third-order valence-corrected chi connectivity index (χ3v) is 6.74. The fourth-order valence-corrected chi connectivity index (χ4v) is 4.76. The van der Waals surface area contributed by atoms with E-state index in [1.807, 2.05) is 18.2 Å². The van der Waals surface area contributed by atoms with Crippen molar-refractivity contribution in [1.82, 2.24) is 19.7 Å². The largest absolute Gasteiger partial charge is 0.320 e. The Morgan fingerprint density at radius 2 is 1.94 bits per heavy atom. The van der Waals surface area contributed by atoms with Gasteiger partial charge >= 0.3 is 0 Å². The summed E-state index contributed by atoms with van der Waals surface area (Å²) < 4.78 is 14.7. The molecule has 0 saturated carbocycles. The number of unbranched alkanes of at least 4 members (excludes halogenated alkanes) is 1. The maximum absolute atomic E-state index is 13.0. The monoisotopic (exact) mass is 469 g/mol. The van der Waals surface area contributed by atoms with Crippen LogP contribution in [-0.2, 0) is 12.3 Å². The number of rotatable bonds is 8. The first kappa shape index (κ1) is 22.1. The van der Waals surface area contributed by atoms with Gasteiger partial charge in [-0.25, -0.2) is 9.37 Å². The van der Waals surface area contributed by atoms with Gasteiger partial charge in [-0.15, -0.1) is 10.2 Å². The van der Waals surface area contributed by atoms with Crippen LogP contribution in [0.25, 0.3) is 10.9 Å². The zero-order valence-corrected chi connectivity index (χ0v) is 18.9. The van der Waals surface area contributed by atoms with Crippen molar-refractivity contribution >= 4 is 45.6 Å². The molecule has 0 spiro atoms. The quantitative estimate of drug-likeness (QED) is 0.296. The van der Waals surface area contributed by atoms with Crippen LogP contribution in [0.15, 0.2) is 58.5 Å². The lowest BCUT2D eigenvalue weighted by atomic mass is 10.2. The molecule has 0 radical (unpaired) electrons. The normalized spacial score (nSPS) is 11.1. The lowest BCUT2D eigenvalue weighted by molar-refractivity contribution is 0.102. The smallest absolute Gasteiger partial charge is 0.286 e. The summed E-state index contributed by atoms with van der Waals surface area (Å²) in [5, 5.41) is 12.8. The molecule has 32 heavy (non-hydrogen) atoms. The molecule has 10 heteroatoms. The Morgan fingerprint density at radius 3 is 2.72 bits per heavy atom. The molecular formula is C22H20FN5O2S2. The van der Waals surface area contributed by atoms with Crippen LogP contribution in [0.2, 0.25) is 0 Å². The highest BCUT2D eigenvalue weighted by molar-refractivity contribution is 7.98. The van der Waals surface area contributed by atoms with Crippen molar-refractivity contribution < 1.29 is 9.18 Å². The second-order valence-electron chi connectivity index (χ2n) is 6.97. The fraction of sp³-hybridized carbons (Fsp3) is 0.227. The van der Waals surface area contributed by atoms with E-state index in [1.165, 1.54) is 47.4 Å². The number of halogens is 1. The molecule has 7 nitrogen and oxygen atoms in total. The van der Waals surface area contributed by atoms with Gasteiger partial charge in [-0.2, -0.15) is 0 Å². The number of aromatic nitrogens is 4. The summed E-state index contributed by atoms with van der Waals surface area (Å²) in [6.07, 6.45) is 1.84. The maximum atomic E-state index is 13.0. The van der Waals surface area contributed by atoms with Crippen LogP contribution in [0.3, 0.4) is 0 Å². The molecule has 0 aliphatic rings. The minimum atomic E-state index is -0.408. The molecule has 0 saturated heterocycles. The number of fused-ring (bicyclic) bond motifs is 1. The highest BCUT2D eigenvalue weighted by atomic mass is 32.2. The number of para-hydroxylation sites is 1. The van der Waals surface area contributed by atoms with E-state index in [-0.39, 0.29) is 16.4 Å². The number of hydrogen-bond donors (Lipinski definition) is 1. The van der Waals surface area contributed by atoms with Gasteiger partial charge in [0.2, 0.25) is 5.01 Å². The maximum Gasteiger partial charge on any atom is 0.286 e. The van der Waals surface area contributed by atoms with Gasteiger partial charge in [0.05, 0.1) is 16.7 Å². The summed E-state index contributed by atoms with van der Waals surface area (Å²) in [4.78, 5) is 30.0. The molecule has 2 heterocycles. The van der Waals surface area contributed by atoms with Crippen molar-refractivity contribution in [1.29, 1.82) is 0 Å². The van der Waals surface area contributed by atoms with Crippen LogP contribution in [-0.4, -0.2) is 25.7 Å². The van der Waals surface area contributed by atoms with Crippen LogP contribution in [0, 0.1) is 5.82 Å². The number of anilines is 1. The number of amides is 1. The van der Waals surface area contributed by atoms with E-state index in [4.69, 9.17) is 0 Å². The summed E-state index contributed by atoms with van der Waals surface area (Å²) in [7, 11) is 0. The molecular weight excluding hydrogens is 449 g/mol. The molecule has 0 aliphatic carbocycles. The third-order valence-electron chi connectivity index (χ3n) is 4.65. The molecule has 0 bridgehead atoms. The van der Waals surface area contributed by atoms with Crippen molar-refractivity contribution in [3.05, 3.63) is 74.7 Å². The van der Waals surface area contributed by atoms with Gasteiger partial charge in [0.25, 0.3) is 11.5 Å². The van der Waals surface area contributed by atoms with E-state index in [2.05, 4.69) is 27.4 Å². The predicted octanol–water partition coefficient (Wildman–Crippen LogP) is 4.73. The average Bonchev–Trinajstić information content (AvgIpc) is 3.28. The summed E-state index contributed by atoms with van der Waals surface area (Å²) in [5.74, 6) is -0.356. The number of benzene rings is 2. The zero-order valence-electron chi connectivity index (χ0n) is 17.2. The third kappa shape index (κ3) is 5.03. The van der Waals surface area contributed by atoms with E-state index in [1.54, 1.807) is 10.6 Å². The van der Waals surface area contributed by atoms with Gasteiger partial charge in [-0.3, -0.25) is 14.2 Å². The lowest BCUT2D eigenvalue weighted by Crippen LogP contribution is -2.23. The van der Waals surface area contributed by atoms with E-state index < -0.39 is 5.91 Å². The second-order valence-corrected chi connectivity index (χ2v) is 8.98.